The van der Waals surface area contributed by atoms with Gasteiger partial charge in [0.2, 0.25) is 5.91 Å². The van der Waals surface area contributed by atoms with Crippen LogP contribution in [0.15, 0.2) is 97.3 Å². The van der Waals surface area contributed by atoms with E-state index in [2.05, 4.69) is 86.3 Å². The number of likely N-dealkylation sites (tertiary alicyclic amines) is 1. The summed E-state index contributed by atoms with van der Waals surface area (Å²) in [6.07, 6.45) is 11.7. The minimum atomic E-state index is -0.154. The molecule has 1 aliphatic rings. The van der Waals surface area contributed by atoms with Crippen molar-refractivity contribution < 1.29 is 4.79 Å². The molecule has 0 spiro atoms. The normalized spacial score (nSPS) is 14.1. The molecule has 1 saturated heterocycles. The van der Waals surface area contributed by atoms with E-state index in [0.29, 0.717) is 6.54 Å². The van der Waals surface area contributed by atoms with E-state index in [1.807, 2.05) is 31.2 Å². The zero-order valence-corrected chi connectivity index (χ0v) is 25.4. The molecule has 7 nitrogen and oxygen atoms in total. The van der Waals surface area contributed by atoms with Gasteiger partial charge in [-0.3, -0.25) is 14.7 Å². The molecule has 222 valence electrons. The molecular weight excluding hydrogens is 544 g/mol. The highest BCUT2D eigenvalue weighted by Gasteiger charge is 2.13. The molecule has 0 radical (unpaired) electrons. The van der Waals surface area contributed by atoms with Gasteiger partial charge in [0.05, 0.1) is 23.1 Å². The fourth-order valence-electron chi connectivity index (χ4n) is 5.64. The highest BCUT2D eigenvalue weighted by atomic mass is 16.1. The van der Waals surface area contributed by atoms with Gasteiger partial charge in [-0.15, -0.1) is 0 Å². The largest absolute Gasteiger partial charge is 0.348 e. The Hall–Kier alpha value is -4.88. The number of amides is 1. The van der Waals surface area contributed by atoms with Crippen LogP contribution in [-0.2, 0) is 17.9 Å². The molecule has 0 bridgehead atoms. The van der Waals surface area contributed by atoms with Crippen molar-refractivity contribution in [2.45, 2.75) is 39.8 Å². The molecular formula is C37H38N6O. The molecule has 3 aromatic heterocycles. The molecule has 0 atom stereocenters. The van der Waals surface area contributed by atoms with Gasteiger partial charge in [-0.25, -0.2) is 9.97 Å². The zero-order valence-electron chi connectivity index (χ0n) is 25.4. The highest BCUT2D eigenvalue weighted by Crippen LogP contribution is 2.24. The van der Waals surface area contributed by atoms with Gasteiger partial charge in [-0.1, -0.05) is 66.2 Å². The molecule has 44 heavy (non-hydrogen) atoms. The number of fused-ring (bicyclic) bond motifs is 1. The Balaban J connectivity index is 1.08. The molecule has 1 fully saturated rings. The van der Waals surface area contributed by atoms with Gasteiger partial charge >= 0.3 is 0 Å². The first-order valence-electron chi connectivity index (χ1n) is 15.3. The number of rotatable bonds is 10. The van der Waals surface area contributed by atoms with Crippen molar-refractivity contribution in [1.82, 2.24) is 29.7 Å². The summed E-state index contributed by atoms with van der Waals surface area (Å²) in [6.45, 7) is 8.50. The number of aryl methyl sites for hydroxylation is 2. The molecule has 5 aromatic rings. The Morgan fingerprint density at radius 3 is 2.48 bits per heavy atom. The van der Waals surface area contributed by atoms with E-state index in [1.54, 1.807) is 24.5 Å². The summed E-state index contributed by atoms with van der Waals surface area (Å²) in [5.41, 5.74) is 9.35. The number of hydrogen-bond acceptors (Lipinski definition) is 5. The Morgan fingerprint density at radius 1 is 0.909 bits per heavy atom. The van der Waals surface area contributed by atoms with Gasteiger partial charge in [-0.2, -0.15) is 0 Å². The van der Waals surface area contributed by atoms with Crippen LogP contribution in [0.25, 0.3) is 22.7 Å². The van der Waals surface area contributed by atoms with Crippen LogP contribution in [0.1, 0.15) is 52.3 Å². The molecule has 1 N–H and O–H groups in total. The summed E-state index contributed by atoms with van der Waals surface area (Å²) in [4.78, 5) is 28.9. The molecule has 4 heterocycles. The Labute approximate surface area is 259 Å². The highest BCUT2D eigenvalue weighted by molar-refractivity contribution is 5.91. The molecule has 0 saturated carbocycles. The number of benzene rings is 2. The fourth-order valence-corrected chi connectivity index (χ4v) is 5.64. The van der Waals surface area contributed by atoms with Gasteiger partial charge in [0, 0.05) is 37.5 Å². The van der Waals surface area contributed by atoms with Crippen molar-refractivity contribution in [3.63, 3.8) is 0 Å². The summed E-state index contributed by atoms with van der Waals surface area (Å²) in [7, 11) is 0. The lowest BCUT2D eigenvalue weighted by Crippen LogP contribution is -2.20. The second kappa shape index (κ2) is 13.6. The number of aromatic nitrogens is 4. The lowest BCUT2D eigenvalue weighted by molar-refractivity contribution is -0.116. The van der Waals surface area contributed by atoms with E-state index in [0.717, 1.165) is 71.1 Å². The third kappa shape index (κ3) is 7.18. The topological polar surface area (TPSA) is 75.9 Å². The Morgan fingerprint density at radius 2 is 1.68 bits per heavy atom. The number of imidazole rings is 1. The second-order valence-electron chi connectivity index (χ2n) is 11.4. The molecule has 0 aliphatic carbocycles. The van der Waals surface area contributed by atoms with Crippen molar-refractivity contribution in [1.29, 1.82) is 0 Å². The maximum Gasteiger partial charge on any atom is 0.244 e. The van der Waals surface area contributed by atoms with Crippen molar-refractivity contribution in [2.24, 2.45) is 0 Å². The molecule has 0 unspecified atom stereocenters. The van der Waals surface area contributed by atoms with Crippen molar-refractivity contribution in [2.75, 3.05) is 19.6 Å². The number of nitrogens with one attached hydrogen (secondary N) is 1. The fraction of sp³-hybridized carbons (Fsp3) is 0.243. The first-order chi connectivity index (χ1) is 21.5. The predicted molar refractivity (Wildman–Crippen MR) is 177 cm³/mol. The third-order valence-electron chi connectivity index (χ3n) is 8.14. The maximum absolute atomic E-state index is 12.7. The van der Waals surface area contributed by atoms with Gasteiger partial charge < -0.3 is 9.88 Å². The van der Waals surface area contributed by atoms with E-state index in [1.165, 1.54) is 24.0 Å². The number of nitrogens with zero attached hydrogens (tertiary/aromatic N) is 5. The zero-order chi connectivity index (χ0) is 30.3. The van der Waals surface area contributed by atoms with Gasteiger partial charge in [0.25, 0.3) is 0 Å². The summed E-state index contributed by atoms with van der Waals surface area (Å²) < 4.78 is 2.19. The molecule has 6 rings (SSSR count). The summed E-state index contributed by atoms with van der Waals surface area (Å²) >= 11 is 0. The SMILES string of the molecule is Cc1ccc(/C(=C\CN2CCCC2)c2cccc(C=CC(=O)NCc3ccc(Cn4c(C)nc5cnccc54)cc3)n2)cc1. The minimum Gasteiger partial charge on any atom is -0.348 e. The standard InChI is InChI=1S/C37H38N6O/c1-27-8-14-31(15-9-27)33(19-23-42-21-3-4-22-42)34-7-5-6-32(41-34)16-17-37(44)39-24-29-10-12-30(13-11-29)26-43-28(2)40-35-25-38-20-18-36(35)43/h5-20,25H,3-4,21-24,26H2,1-2H3,(H,39,44)/b17-16?,33-19+. The van der Waals surface area contributed by atoms with Crippen LogP contribution in [0.3, 0.4) is 0 Å². The summed E-state index contributed by atoms with van der Waals surface area (Å²) in [5, 5.41) is 3.00. The van der Waals surface area contributed by atoms with Crippen molar-refractivity contribution in [3.8, 4) is 0 Å². The lowest BCUT2D eigenvalue weighted by atomic mass is 10.00. The number of pyridine rings is 2. The molecule has 7 heteroatoms. The monoisotopic (exact) mass is 582 g/mol. The Kier molecular flexibility index (Phi) is 9.03. The maximum atomic E-state index is 12.7. The number of hydrogen-bond donors (Lipinski definition) is 1. The second-order valence-corrected chi connectivity index (χ2v) is 11.4. The quantitative estimate of drug-likeness (QED) is 0.194. The minimum absolute atomic E-state index is 0.154. The molecule has 1 amide bonds. The Bertz CT molecular complexity index is 1790. The summed E-state index contributed by atoms with van der Waals surface area (Å²) in [5.74, 6) is 0.805. The van der Waals surface area contributed by atoms with E-state index >= 15 is 0 Å². The van der Waals surface area contributed by atoms with E-state index in [9.17, 15) is 4.79 Å². The van der Waals surface area contributed by atoms with Crippen LogP contribution in [0.4, 0.5) is 0 Å². The van der Waals surface area contributed by atoms with Gasteiger partial charge in [0.1, 0.15) is 11.3 Å². The summed E-state index contributed by atoms with van der Waals surface area (Å²) in [6, 6.07) is 24.9. The average Bonchev–Trinajstić information content (AvgIpc) is 3.68. The van der Waals surface area contributed by atoms with Crippen molar-refractivity contribution >= 4 is 28.6 Å². The van der Waals surface area contributed by atoms with Crippen LogP contribution in [-0.4, -0.2) is 50.0 Å². The van der Waals surface area contributed by atoms with Gasteiger partial charge in [-0.05, 0) is 80.7 Å². The van der Waals surface area contributed by atoms with Crippen molar-refractivity contribution in [3.05, 3.63) is 137 Å². The first-order valence-corrected chi connectivity index (χ1v) is 15.3. The predicted octanol–water partition coefficient (Wildman–Crippen LogP) is 6.35. The van der Waals surface area contributed by atoms with Gasteiger partial charge in [0.15, 0.2) is 0 Å². The van der Waals surface area contributed by atoms with Crippen LogP contribution < -0.4 is 5.32 Å². The van der Waals surface area contributed by atoms with Crippen LogP contribution in [0.5, 0.6) is 0 Å². The van der Waals surface area contributed by atoms with E-state index in [4.69, 9.17) is 4.98 Å². The molecule has 1 aliphatic heterocycles. The number of carbonyl (C=O) groups excluding carboxylic acids is 1. The van der Waals surface area contributed by atoms with Crippen LogP contribution >= 0.6 is 0 Å². The van der Waals surface area contributed by atoms with Crippen LogP contribution in [0.2, 0.25) is 0 Å². The first kappa shape index (κ1) is 29.2. The van der Waals surface area contributed by atoms with E-state index < -0.39 is 0 Å². The molecule has 2 aromatic carbocycles. The van der Waals surface area contributed by atoms with Crippen LogP contribution in [0, 0.1) is 13.8 Å². The number of carbonyl (C=O) groups is 1. The lowest BCUT2D eigenvalue weighted by Gasteiger charge is -2.14. The average molecular weight is 583 g/mol. The van der Waals surface area contributed by atoms with E-state index in [-0.39, 0.29) is 5.91 Å². The smallest absolute Gasteiger partial charge is 0.244 e. The third-order valence-corrected chi connectivity index (χ3v) is 8.14.